The van der Waals surface area contributed by atoms with Gasteiger partial charge in [-0.05, 0) is 24.4 Å². The minimum absolute atomic E-state index is 0.0402. The molecular formula is C13H17ClN4O. The lowest BCUT2D eigenvalue weighted by Gasteiger charge is -2.43. The number of rotatable bonds is 0. The highest BCUT2D eigenvalue weighted by atomic mass is 35.5. The minimum Gasteiger partial charge on any atom is -0.352 e. The van der Waals surface area contributed by atoms with E-state index in [1.165, 1.54) is 6.42 Å². The van der Waals surface area contributed by atoms with E-state index < -0.39 is 0 Å². The molecule has 0 saturated heterocycles. The number of nitrogens with zero attached hydrogens (tertiary/aromatic N) is 3. The molecule has 1 aliphatic carbocycles. The average Bonchev–Trinajstić information content (AvgIpc) is 2.49. The number of amides is 1. The summed E-state index contributed by atoms with van der Waals surface area (Å²) in [5.74, 6) is 0.770. The first-order chi connectivity index (χ1) is 9.11. The first kappa shape index (κ1) is 12.7. The zero-order valence-electron chi connectivity index (χ0n) is 10.9. The van der Waals surface area contributed by atoms with Gasteiger partial charge >= 0.3 is 0 Å². The summed E-state index contributed by atoms with van der Waals surface area (Å²) in [5, 5.41) is 3.10. The largest absolute Gasteiger partial charge is 0.352 e. The van der Waals surface area contributed by atoms with Crippen LogP contribution in [0.1, 0.15) is 38.5 Å². The maximum Gasteiger partial charge on any atom is 0.226 e. The van der Waals surface area contributed by atoms with Crippen LogP contribution in [0.3, 0.4) is 0 Å². The van der Waals surface area contributed by atoms with Crippen LogP contribution in [0.25, 0.3) is 0 Å². The third-order valence-electron chi connectivity index (χ3n) is 4.32. The second kappa shape index (κ2) is 4.63. The summed E-state index contributed by atoms with van der Waals surface area (Å²) in [6.45, 7) is 0. The molecule has 0 aromatic carbocycles. The van der Waals surface area contributed by atoms with Gasteiger partial charge < -0.3 is 10.2 Å². The highest BCUT2D eigenvalue weighted by Gasteiger charge is 2.41. The third-order valence-corrected chi connectivity index (χ3v) is 4.50. The van der Waals surface area contributed by atoms with Crippen molar-refractivity contribution in [2.24, 2.45) is 0 Å². The lowest BCUT2D eigenvalue weighted by atomic mass is 9.78. The molecule has 0 atom stereocenters. The van der Waals surface area contributed by atoms with Gasteiger partial charge in [-0.2, -0.15) is 4.98 Å². The highest BCUT2D eigenvalue weighted by Crippen LogP contribution is 2.42. The minimum atomic E-state index is -0.120. The van der Waals surface area contributed by atoms with Crippen molar-refractivity contribution >= 4 is 29.0 Å². The number of hydrogen-bond donors (Lipinski definition) is 1. The van der Waals surface area contributed by atoms with Gasteiger partial charge in [0.05, 0.1) is 18.2 Å². The summed E-state index contributed by atoms with van der Waals surface area (Å²) < 4.78 is 0. The van der Waals surface area contributed by atoms with E-state index in [0.29, 0.717) is 12.1 Å². The van der Waals surface area contributed by atoms with Crippen LogP contribution in [0.4, 0.5) is 11.5 Å². The summed E-state index contributed by atoms with van der Waals surface area (Å²) in [7, 11) is 2.01. The lowest BCUT2D eigenvalue weighted by Crippen LogP contribution is -2.49. The van der Waals surface area contributed by atoms with E-state index in [2.05, 4.69) is 20.2 Å². The first-order valence-electron chi connectivity index (χ1n) is 6.67. The highest BCUT2D eigenvalue weighted by molar-refractivity contribution is 6.28. The number of hydrogen-bond acceptors (Lipinski definition) is 4. The Morgan fingerprint density at radius 2 is 2.11 bits per heavy atom. The molecule has 1 aromatic rings. The van der Waals surface area contributed by atoms with Gasteiger partial charge in [0.2, 0.25) is 11.2 Å². The summed E-state index contributed by atoms with van der Waals surface area (Å²) in [4.78, 5) is 22.5. The molecule has 0 unspecified atom stereocenters. The van der Waals surface area contributed by atoms with Gasteiger partial charge in [-0.25, -0.2) is 4.98 Å². The van der Waals surface area contributed by atoms with E-state index in [1.54, 1.807) is 6.20 Å². The quantitative estimate of drug-likeness (QED) is 0.742. The molecule has 1 amide bonds. The average molecular weight is 281 g/mol. The van der Waals surface area contributed by atoms with Crippen molar-refractivity contribution in [3.8, 4) is 0 Å². The molecule has 2 heterocycles. The monoisotopic (exact) mass is 280 g/mol. The van der Waals surface area contributed by atoms with E-state index in [-0.39, 0.29) is 16.7 Å². The van der Waals surface area contributed by atoms with Gasteiger partial charge in [-0.3, -0.25) is 4.79 Å². The molecule has 3 rings (SSSR count). The van der Waals surface area contributed by atoms with Crippen LogP contribution in [-0.4, -0.2) is 28.5 Å². The summed E-state index contributed by atoms with van der Waals surface area (Å²) in [6, 6.07) is 0. The van der Waals surface area contributed by atoms with Crippen LogP contribution in [0, 0.1) is 0 Å². The number of halogens is 1. The number of anilines is 2. The summed E-state index contributed by atoms with van der Waals surface area (Å²) >= 11 is 5.90. The Morgan fingerprint density at radius 1 is 1.37 bits per heavy atom. The van der Waals surface area contributed by atoms with Crippen molar-refractivity contribution in [2.75, 3.05) is 17.3 Å². The Kier molecular flexibility index (Phi) is 3.09. The third kappa shape index (κ3) is 2.16. The van der Waals surface area contributed by atoms with Crippen LogP contribution >= 0.6 is 11.6 Å². The molecule has 1 fully saturated rings. The molecule has 1 saturated carbocycles. The molecule has 1 spiro atoms. The summed E-state index contributed by atoms with van der Waals surface area (Å²) in [5.41, 5.74) is 0.532. The molecule has 1 N–H and O–H groups in total. The van der Waals surface area contributed by atoms with E-state index in [9.17, 15) is 4.79 Å². The number of carbonyl (C=O) groups excluding carboxylic acids is 1. The van der Waals surface area contributed by atoms with Gasteiger partial charge in [0.15, 0.2) is 5.82 Å². The Morgan fingerprint density at radius 3 is 2.84 bits per heavy atom. The van der Waals surface area contributed by atoms with Gasteiger partial charge in [-0.15, -0.1) is 0 Å². The topological polar surface area (TPSA) is 58.1 Å². The smallest absolute Gasteiger partial charge is 0.226 e. The molecule has 6 heteroatoms. The fourth-order valence-electron chi connectivity index (χ4n) is 3.25. The molecule has 2 aliphatic rings. The number of nitrogens with one attached hydrogen (secondary N) is 1. The van der Waals surface area contributed by atoms with Crippen LogP contribution in [0.15, 0.2) is 6.20 Å². The van der Waals surface area contributed by atoms with E-state index in [4.69, 9.17) is 11.6 Å². The van der Waals surface area contributed by atoms with E-state index in [1.807, 2.05) is 7.05 Å². The van der Waals surface area contributed by atoms with Gasteiger partial charge in [0.25, 0.3) is 0 Å². The predicted molar refractivity (Wildman–Crippen MR) is 74.5 cm³/mol. The second-order valence-electron chi connectivity index (χ2n) is 5.45. The molecule has 1 aliphatic heterocycles. The summed E-state index contributed by atoms with van der Waals surface area (Å²) in [6.07, 6.45) is 7.71. The Balaban J connectivity index is 2.07. The van der Waals surface area contributed by atoms with Crippen molar-refractivity contribution in [3.63, 3.8) is 0 Å². The zero-order chi connectivity index (χ0) is 13.5. The van der Waals surface area contributed by atoms with E-state index in [0.717, 1.165) is 31.5 Å². The van der Waals surface area contributed by atoms with Crippen LogP contribution in [0.2, 0.25) is 5.28 Å². The molecule has 0 bridgehead atoms. The fraction of sp³-hybridized carbons (Fsp3) is 0.615. The van der Waals surface area contributed by atoms with Crippen molar-refractivity contribution in [1.82, 2.24) is 9.97 Å². The molecule has 1 aromatic heterocycles. The SMILES string of the molecule is CN1c2nc(Cl)ncc2NC(=O)CC12CCCCC2. The van der Waals surface area contributed by atoms with Crippen LogP contribution in [0.5, 0.6) is 0 Å². The van der Waals surface area contributed by atoms with Crippen molar-refractivity contribution in [3.05, 3.63) is 11.5 Å². The Bertz CT molecular complexity index is 513. The maximum absolute atomic E-state index is 12.1. The zero-order valence-corrected chi connectivity index (χ0v) is 11.7. The Hall–Kier alpha value is -1.36. The Labute approximate surface area is 117 Å². The molecular weight excluding hydrogens is 264 g/mol. The maximum atomic E-state index is 12.1. The molecule has 5 nitrogen and oxygen atoms in total. The van der Waals surface area contributed by atoms with Gasteiger partial charge in [0.1, 0.15) is 5.69 Å². The standard InChI is InChI=1S/C13H17ClN4O/c1-18-11-9(8-15-12(14)17-11)16-10(19)7-13(18)5-3-2-4-6-13/h8H,2-7H2,1H3,(H,16,19). The van der Waals surface area contributed by atoms with Crippen molar-refractivity contribution in [1.29, 1.82) is 0 Å². The van der Waals surface area contributed by atoms with Crippen molar-refractivity contribution < 1.29 is 4.79 Å². The van der Waals surface area contributed by atoms with Crippen LogP contribution in [-0.2, 0) is 4.79 Å². The number of fused-ring (bicyclic) bond motifs is 1. The van der Waals surface area contributed by atoms with Crippen molar-refractivity contribution in [2.45, 2.75) is 44.1 Å². The molecule has 0 radical (unpaired) electrons. The lowest BCUT2D eigenvalue weighted by molar-refractivity contribution is -0.117. The number of aromatic nitrogens is 2. The predicted octanol–water partition coefficient (Wildman–Crippen LogP) is 2.61. The molecule has 19 heavy (non-hydrogen) atoms. The van der Waals surface area contributed by atoms with Crippen LogP contribution < -0.4 is 10.2 Å². The second-order valence-corrected chi connectivity index (χ2v) is 5.78. The normalized spacial score (nSPS) is 21.8. The van der Waals surface area contributed by atoms with Gasteiger partial charge in [0, 0.05) is 7.05 Å². The fourth-order valence-corrected chi connectivity index (χ4v) is 3.38. The number of carbonyl (C=O) groups is 1. The van der Waals surface area contributed by atoms with E-state index >= 15 is 0 Å². The van der Waals surface area contributed by atoms with Gasteiger partial charge in [-0.1, -0.05) is 19.3 Å². The molecule has 102 valence electrons. The first-order valence-corrected chi connectivity index (χ1v) is 7.05.